The average molecular weight is 318 g/mol. The summed E-state index contributed by atoms with van der Waals surface area (Å²) in [5.74, 6) is -0.383. The van der Waals surface area contributed by atoms with Gasteiger partial charge in [-0.1, -0.05) is 23.5 Å². The summed E-state index contributed by atoms with van der Waals surface area (Å²) in [7, 11) is 5.34. The number of carbonyl (C=O) groups excluding carboxylic acids is 1. The zero-order valence-electron chi connectivity index (χ0n) is 13.0. The minimum absolute atomic E-state index is 0.383. The van der Waals surface area contributed by atoms with Gasteiger partial charge in [-0.25, -0.2) is 9.78 Å². The van der Waals surface area contributed by atoms with E-state index in [1.807, 2.05) is 43.3 Å². The van der Waals surface area contributed by atoms with Crippen LogP contribution >= 0.6 is 11.3 Å². The van der Waals surface area contributed by atoms with E-state index in [-0.39, 0.29) is 5.97 Å². The Morgan fingerprint density at radius 2 is 2.05 bits per heavy atom. The summed E-state index contributed by atoms with van der Waals surface area (Å²) < 4.78 is 4.70. The van der Waals surface area contributed by atoms with Gasteiger partial charge in [0.05, 0.1) is 19.0 Å². The Hall–Kier alpha value is -2.41. The fourth-order valence-corrected chi connectivity index (χ4v) is 2.58. The molecule has 0 radical (unpaired) electrons. The molecular formula is C15H18N4O2S. The SMILES string of the molecule is COC(=O)c1sc(N/N=C\c2ccc(N(C)C)cc2)nc1C. The van der Waals surface area contributed by atoms with E-state index >= 15 is 0 Å². The topological polar surface area (TPSA) is 66.8 Å². The van der Waals surface area contributed by atoms with Crippen LogP contribution in [0.1, 0.15) is 20.9 Å². The number of rotatable bonds is 5. The molecule has 2 rings (SSSR count). The summed E-state index contributed by atoms with van der Waals surface area (Å²) in [6.45, 7) is 1.76. The van der Waals surface area contributed by atoms with Gasteiger partial charge >= 0.3 is 5.97 Å². The molecule has 1 N–H and O–H groups in total. The summed E-state index contributed by atoms with van der Waals surface area (Å²) in [6, 6.07) is 8.00. The van der Waals surface area contributed by atoms with E-state index in [2.05, 4.69) is 15.5 Å². The van der Waals surface area contributed by atoms with Crippen molar-refractivity contribution in [3.8, 4) is 0 Å². The molecule has 1 heterocycles. The van der Waals surface area contributed by atoms with E-state index in [9.17, 15) is 4.79 Å². The van der Waals surface area contributed by atoms with E-state index in [4.69, 9.17) is 4.74 Å². The number of hydrogen-bond donors (Lipinski definition) is 1. The van der Waals surface area contributed by atoms with Gasteiger partial charge in [0.25, 0.3) is 0 Å². The van der Waals surface area contributed by atoms with E-state index in [0.29, 0.717) is 15.7 Å². The Balaban J connectivity index is 2.02. The van der Waals surface area contributed by atoms with Crippen LogP contribution in [0.2, 0.25) is 0 Å². The van der Waals surface area contributed by atoms with Crippen LogP contribution in [0.4, 0.5) is 10.8 Å². The van der Waals surface area contributed by atoms with Gasteiger partial charge in [-0.3, -0.25) is 5.43 Å². The first-order valence-corrected chi connectivity index (χ1v) is 7.45. The van der Waals surface area contributed by atoms with Crippen molar-refractivity contribution in [2.45, 2.75) is 6.92 Å². The van der Waals surface area contributed by atoms with Crippen molar-refractivity contribution in [1.29, 1.82) is 0 Å². The molecule has 0 fully saturated rings. The minimum Gasteiger partial charge on any atom is -0.465 e. The Kier molecular flexibility index (Phi) is 5.11. The largest absolute Gasteiger partial charge is 0.465 e. The van der Waals surface area contributed by atoms with E-state index in [1.165, 1.54) is 18.4 Å². The molecule has 116 valence electrons. The number of esters is 1. The summed E-state index contributed by atoms with van der Waals surface area (Å²) in [6.07, 6.45) is 1.70. The molecule has 0 amide bonds. The number of methoxy groups -OCH3 is 1. The third kappa shape index (κ3) is 3.82. The highest BCUT2D eigenvalue weighted by Gasteiger charge is 2.15. The molecule has 1 aromatic heterocycles. The first-order chi connectivity index (χ1) is 10.5. The molecule has 0 unspecified atom stereocenters. The van der Waals surface area contributed by atoms with Gasteiger partial charge in [0, 0.05) is 19.8 Å². The lowest BCUT2D eigenvalue weighted by atomic mass is 10.2. The second kappa shape index (κ2) is 7.04. The standard InChI is InChI=1S/C15H18N4O2S/c1-10-13(14(20)21-4)22-15(17-10)18-16-9-11-5-7-12(8-6-11)19(2)3/h5-9H,1-4H3,(H,17,18)/b16-9-. The maximum atomic E-state index is 11.5. The van der Waals surface area contributed by atoms with Gasteiger partial charge in [0.2, 0.25) is 5.13 Å². The van der Waals surface area contributed by atoms with Gasteiger partial charge < -0.3 is 9.64 Å². The van der Waals surface area contributed by atoms with Crippen LogP contribution in [0.3, 0.4) is 0 Å². The van der Waals surface area contributed by atoms with Crippen molar-refractivity contribution in [2.75, 3.05) is 31.5 Å². The molecule has 0 aliphatic rings. The number of ether oxygens (including phenoxy) is 1. The maximum absolute atomic E-state index is 11.5. The van der Waals surface area contributed by atoms with E-state index in [0.717, 1.165) is 11.3 Å². The predicted molar refractivity (Wildman–Crippen MR) is 90.2 cm³/mol. The van der Waals surface area contributed by atoms with Gasteiger partial charge in [0.15, 0.2) is 0 Å². The van der Waals surface area contributed by atoms with Crippen LogP contribution < -0.4 is 10.3 Å². The molecule has 0 saturated heterocycles. The highest BCUT2D eigenvalue weighted by Crippen LogP contribution is 2.23. The molecule has 0 saturated carbocycles. The van der Waals surface area contributed by atoms with Crippen molar-refractivity contribution >= 4 is 34.3 Å². The Labute approximate surface area is 133 Å². The fourth-order valence-electron chi connectivity index (χ4n) is 1.75. The predicted octanol–water partition coefficient (Wildman–Crippen LogP) is 2.75. The van der Waals surface area contributed by atoms with Crippen molar-refractivity contribution in [3.63, 3.8) is 0 Å². The number of hydrazone groups is 1. The van der Waals surface area contributed by atoms with Crippen molar-refractivity contribution in [2.24, 2.45) is 5.10 Å². The first kappa shape index (κ1) is 16.0. The van der Waals surface area contributed by atoms with Gasteiger partial charge in [-0.2, -0.15) is 5.10 Å². The van der Waals surface area contributed by atoms with E-state index in [1.54, 1.807) is 13.1 Å². The lowest BCUT2D eigenvalue weighted by molar-refractivity contribution is 0.0605. The second-order valence-electron chi connectivity index (χ2n) is 4.78. The number of benzene rings is 1. The number of aryl methyl sites for hydroxylation is 1. The number of thiazole rings is 1. The molecule has 0 spiro atoms. The number of carbonyl (C=O) groups is 1. The first-order valence-electron chi connectivity index (χ1n) is 6.63. The fraction of sp³-hybridized carbons (Fsp3) is 0.267. The zero-order chi connectivity index (χ0) is 16.1. The Morgan fingerprint density at radius 3 is 2.64 bits per heavy atom. The van der Waals surface area contributed by atoms with Gasteiger partial charge in [-0.05, 0) is 24.6 Å². The van der Waals surface area contributed by atoms with Crippen LogP contribution in [0.15, 0.2) is 29.4 Å². The van der Waals surface area contributed by atoms with Crippen LogP contribution in [0.25, 0.3) is 0 Å². The number of nitrogens with one attached hydrogen (secondary N) is 1. The monoisotopic (exact) mass is 318 g/mol. The number of anilines is 2. The second-order valence-corrected chi connectivity index (χ2v) is 5.78. The molecule has 7 heteroatoms. The van der Waals surface area contributed by atoms with Crippen LogP contribution in [0, 0.1) is 6.92 Å². The smallest absolute Gasteiger partial charge is 0.350 e. The van der Waals surface area contributed by atoms with Crippen LogP contribution in [-0.2, 0) is 4.74 Å². The quantitative estimate of drug-likeness (QED) is 0.521. The molecule has 0 atom stereocenters. The lowest BCUT2D eigenvalue weighted by Gasteiger charge is -2.11. The molecule has 22 heavy (non-hydrogen) atoms. The summed E-state index contributed by atoms with van der Waals surface area (Å²) in [5, 5.41) is 4.69. The summed E-state index contributed by atoms with van der Waals surface area (Å²) in [4.78, 5) is 18.3. The molecule has 2 aromatic rings. The number of aromatic nitrogens is 1. The lowest BCUT2D eigenvalue weighted by Crippen LogP contribution is -2.08. The Bertz CT molecular complexity index is 677. The van der Waals surface area contributed by atoms with Crippen molar-refractivity contribution < 1.29 is 9.53 Å². The number of nitrogens with zero attached hydrogens (tertiary/aromatic N) is 3. The van der Waals surface area contributed by atoms with E-state index < -0.39 is 0 Å². The average Bonchev–Trinajstić information content (AvgIpc) is 2.88. The highest BCUT2D eigenvalue weighted by molar-refractivity contribution is 7.17. The molecule has 0 aliphatic carbocycles. The third-order valence-electron chi connectivity index (χ3n) is 2.95. The number of hydrogen-bond acceptors (Lipinski definition) is 7. The molecule has 1 aromatic carbocycles. The minimum atomic E-state index is -0.383. The molecule has 6 nitrogen and oxygen atoms in total. The third-order valence-corrected chi connectivity index (χ3v) is 3.99. The van der Waals surface area contributed by atoms with Crippen LogP contribution in [0.5, 0.6) is 0 Å². The normalized spacial score (nSPS) is 10.7. The Morgan fingerprint density at radius 1 is 1.36 bits per heavy atom. The molecule has 0 bridgehead atoms. The highest BCUT2D eigenvalue weighted by atomic mass is 32.1. The molecular weight excluding hydrogens is 300 g/mol. The summed E-state index contributed by atoms with van der Waals surface area (Å²) >= 11 is 1.22. The van der Waals surface area contributed by atoms with Crippen molar-refractivity contribution in [3.05, 3.63) is 40.4 Å². The van der Waals surface area contributed by atoms with Crippen LogP contribution in [-0.4, -0.2) is 38.4 Å². The van der Waals surface area contributed by atoms with Crippen molar-refractivity contribution in [1.82, 2.24) is 4.98 Å². The maximum Gasteiger partial charge on any atom is 0.350 e. The zero-order valence-corrected chi connectivity index (χ0v) is 13.8. The summed E-state index contributed by atoms with van der Waals surface area (Å²) in [5.41, 5.74) is 5.56. The van der Waals surface area contributed by atoms with Gasteiger partial charge in [-0.15, -0.1) is 0 Å². The van der Waals surface area contributed by atoms with Gasteiger partial charge in [0.1, 0.15) is 4.88 Å². The molecule has 0 aliphatic heterocycles.